The van der Waals surface area contributed by atoms with Crippen LogP contribution < -0.4 is 4.90 Å². The smallest absolute Gasteiger partial charge is 0.164 e. The van der Waals surface area contributed by atoms with Gasteiger partial charge in [-0.25, -0.2) is 4.39 Å². The van der Waals surface area contributed by atoms with E-state index in [0.717, 1.165) is 70.4 Å². The van der Waals surface area contributed by atoms with Crippen LogP contribution in [0.1, 0.15) is 49.7 Å². The van der Waals surface area contributed by atoms with Gasteiger partial charge < -0.3 is 14.5 Å². The summed E-state index contributed by atoms with van der Waals surface area (Å²) in [5.41, 5.74) is 1.85. The third-order valence-electron chi connectivity index (χ3n) is 9.95. The normalized spacial score (nSPS) is 26.9. The van der Waals surface area contributed by atoms with Gasteiger partial charge in [-0.15, -0.1) is 0 Å². The molecule has 0 bridgehead atoms. The molecule has 0 N–H and O–H groups in total. The van der Waals surface area contributed by atoms with Crippen LogP contribution in [0.4, 0.5) is 10.1 Å². The van der Waals surface area contributed by atoms with E-state index >= 15 is 0 Å². The largest absolute Gasteiger partial charge is 0.371 e. The summed E-state index contributed by atoms with van der Waals surface area (Å²) in [6.45, 7) is 5.46. The number of ether oxygens (including phenoxy) is 1. The number of nitriles is 2. The van der Waals surface area contributed by atoms with E-state index in [9.17, 15) is 14.4 Å². The lowest BCUT2D eigenvalue weighted by atomic mass is 9.57. The fourth-order valence-corrected chi connectivity index (χ4v) is 7.82. The van der Waals surface area contributed by atoms with Gasteiger partial charge in [-0.1, -0.05) is 18.6 Å². The van der Waals surface area contributed by atoms with Gasteiger partial charge in [0.2, 0.25) is 0 Å². The molecule has 6 nitrogen and oxygen atoms in total. The Morgan fingerprint density at radius 1 is 1.05 bits per heavy atom. The van der Waals surface area contributed by atoms with E-state index in [1.165, 1.54) is 11.8 Å². The number of halogens is 1. The average molecular weight is 541 g/mol. The van der Waals surface area contributed by atoms with E-state index in [0.29, 0.717) is 24.5 Å². The lowest BCUT2D eigenvalue weighted by molar-refractivity contribution is -0.121. The molecule has 2 aromatic rings. The average Bonchev–Trinajstić information content (AvgIpc) is 3.72. The minimum absolute atomic E-state index is 0.0474. The van der Waals surface area contributed by atoms with E-state index in [-0.39, 0.29) is 35.5 Å². The molecular weight excluding hydrogens is 503 g/mol. The summed E-state index contributed by atoms with van der Waals surface area (Å²) >= 11 is 0. The predicted molar refractivity (Wildman–Crippen MR) is 150 cm³/mol. The van der Waals surface area contributed by atoms with Crippen LogP contribution in [-0.2, 0) is 14.9 Å². The second-order valence-electron chi connectivity index (χ2n) is 12.3. The van der Waals surface area contributed by atoms with Gasteiger partial charge in [0.15, 0.2) is 5.78 Å². The monoisotopic (exact) mass is 540 g/mol. The maximum absolute atomic E-state index is 14.5. The molecule has 6 rings (SSSR count). The Bertz CT molecular complexity index is 1300. The number of carbonyl (C=O) groups excluding carboxylic acids is 1. The molecule has 1 aliphatic carbocycles. The van der Waals surface area contributed by atoms with Crippen molar-refractivity contribution in [2.75, 3.05) is 44.2 Å². The van der Waals surface area contributed by atoms with Crippen LogP contribution in [0.25, 0.3) is 0 Å². The van der Waals surface area contributed by atoms with Crippen molar-refractivity contribution in [2.45, 2.75) is 50.0 Å². The number of nitrogens with zero attached hydrogens (tertiary/aromatic N) is 4. The number of ketones is 1. The minimum Gasteiger partial charge on any atom is -0.371 e. The van der Waals surface area contributed by atoms with Gasteiger partial charge in [0.25, 0.3) is 0 Å². The summed E-state index contributed by atoms with van der Waals surface area (Å²) in [5, 5.41) is 20.0. The number of hydrogen-bond donors (Lipinski definition) is 0. The summed E-state index contributed by atoms with van der Waals surface area (Å²) < 4.78 is 19.8. The summed E-state index contributed by atoms with van der Waals surface area (Å²) in [6.07, 6.45) is 4.86. The van der Waals surface area contributed by atoms with Crippen LogP contribution >= 0.6 is 0 Å². The Kier molecular flexibility index (Phi) is 7.62. The number of rotatable bonds is 9. The molecule has 7 heteroatoms. The van der Waals surface area contributed by atoms with E-state index < -0.39 is 5.41 Å². The lowest BCUT2D eigenvalue weighted by Gasteiger charge is -2.48. The SMILES string of the molecule is N#Cc1ccc(N2CC(CN3CCC([C@@](C#N)(c4cccc(F)c4)[C@H]4CCC[C@@H]4CC(=O)[C@@H]4CO4)CC3)C2)cc1. The van der Waals surface area contributed by atoms with Crippen molar-refractivity contribution in [1.82, 2.24) is 4.90 Å². The molecule has 0 spiro atoms. The fourth-order valence-electron chi connectivity index (χ4n) is 7.82. The van der Waals surface area contributed by atoms with Crippen molar-refractivity contribution in [3.05, 3.63) is 65.5 Å². The third-order valence-corrected chi connectivity index (χ3v) is 9.95. The van der Waals surface area contributed by atoms with Crippen molar-refractivity contribution < 1.29 is 13.9 Å². The molecule has 208 valence electrons. The Morgan fingerprint density at radius 3 is 2.45 bits per heavy atom. The van der Waals surface area contributed by atoms with Gasteiger partial charge in [0.1, 0.15) is 11.9 Å². The molecule has 4 aliphatic rings. The molecule has 0 radical (unpaired) electrons. The first-order valence-corrected chi connectivity index (χ1v) is 14.8. The van der Waals surface area contributed by atoms with Gasteiger partial charge in [0, 0.05) is 37.7 Å². The lowest BCUT2D eigenvalue weighted by Crippen LogP contribution is -2.54. The van der Waals surface area contributed by atoms with E-state index in [2.05, 4.69) is 21.9 Å². The highest BCUT2D eigenvalue weighted by Crippen LogP contribution is 2.53. The van der Waals surface area contributed by atoms with Crippen molar-refractivity contribution in [3.63, 3.8) is 0 Å². The first-order valence-electron chi connectivity index (χ1n) is 14.8. The molecule has 0 amide bonds. The summed E-state index contributed by atoms with van der Waals surface area (Å²) in [5.74, 6) is 0.777. The second-order valence-corrected chi connectivity index (χ2v) is 12.3. The summed E-state index contributed by atoms with van der Waals surface area (Å²) in [7, 11) is 0. The Morgan fingerprint density at radius 2 is 1.80 bits per heavy atom. The number of carbonyl (C=O) groups is 1. The molecular formula is C33H37FN4O2. The first-order chi connectivity index (χ1) is 19.5. The van der Waals surface area contributed by atoms with Crippen molar-refractivity contribution in [1.29, 1.82) is 10.5 Å². The zero-order valence-corrected chi connectivity index (χ0v) is 23.0. The number of likely N-dealkylation sites (tertiary alicyclic amines) is 1. The van der Waals surface area contributed by atoms with Gasteiger partial charge in [-0.2, -0.15) is 10.5 Å². The van der Waals surface area contributed by atoms with E-state index in [1.807, 2.05) is 30.3 Å². The highest BCUT2D eigenvalue weighted by molar-refractivity contribution is 5.85. The van der Waals surface area contributed by atoms with Gasteiger partial charge in [0.05, 0.1) is 29.7 Å². The third kappa shape index (κ3) is 5.26. The number of hydrogen-bond acceptors (Lipinski definition) is 6. The van der Waals surface area contributed by atoms with Crippen molar-refractivity contribution in [2.24, 2.45) is 23.7 Å². The molecule has 3 saturated heterocycles. The number of benzene rings is 2. The highest BCUT2D eigenvalue weighted by atomic mass is 19.1. The van der Waals surface area contributed by atoms with Gasteiger partial charge in [-0.3, -0.25) is 4.79 Å². The molecule has 40 heavy (non-hydrogen) atoms. The molecule has 2 aromatic carbocycles. The Balaban J connectivity index is 1.13. The number of piperidine rings is 1. The zero-order chi connectivity index (χ0) is 27.7. The molecule has 4 atom stereocenters. The Hall–Kier alpha value is -3.26. The number of Topliss-reactive ketones (excluding diaryl/α,β-unsaturated/α-hetero) is 1. The van der Waals surface area contributed by atoms with E-state index in [1.54, 1.807) is 12.1 Å². The Labute approximate surface area is 236 Å². The van der Waals surface area contributed by atoms with Crippen LogP contribution in [0.2, 0.25) is 0 Å². The standard InChI is InChI=1S/C33H37FN4O2/c34-28-5-2-4-27(16-28)33(22-36,30-6-1-3-25(30)15-31(39)32-21-40-32)26-11-13-37(14-12-26)18-24-19-38(20-24)29-9-7-23(17-35)8-10-29/h2,4-5,7-10,16,24-26,30,32H,1,3,6,11-15,18-21H2/t25-,30+,32+,33+/m1/s1. The number of epoxide rings is 1. The summed E-state index contributed by atoms with van der Waals surface area (Å²) in [6, 6.07) is 19.4. The van der Waals surface area contributed by atoms with E-state index in [4.69, 9.17) is 10.00 Å². The molecule has 0 aromatic heterocycles. The molecule has 1 saturated carbocycles. The van der Waals surface area contributed by atoms with Crippen LogP contribution in [0, 0.1) is 52.2 Å². The molecule has 3 aliphatic heterocycles. The summed E-state index contributed by atoms with van der Waals surface area (Å²) in [4.78, 5) is 17.6. The number of anilines is 1. The maximum Gasteiger partial charge on any atom is 0.164 e. The predicted octanol–water partition coefficient (Wildman–Crippen LogP) is 5.08. The zero-order valence-electron chi connectivity index (χ0n) is 23.0. The van der Waals surface area contributed by atoms with Crippen LogP contribution in [-0.4, -0.2) is 56.1 Å². The van der Waals surface area contributed by atoms with Crippen LogP contribution in [0.15, 0.2) is 48.5 Å². The van der Waals surface area contributed by atoms with Crippen molar-refractivity contribution in [3.8, 4) is 12.1 Å². The van der Waals surface area contributed by atoms with Crippen LogP contribution in [0.5, 0.6) is 0 Å². The topological polar surface area (TPSA) is 83.7 Å². The van der Waals surface area contributed by atoms with Crippen molar-refractivity contribution >= 4 is 11.5 Å². The van der Waals surface area contributed by atoms with Gasteiger partial charge in [-0.05, 0) is 98.5 Å². The van der Waals surface area contributed by atoms with Gasteiger partial charge >= 0.3 is 0 Å². The molecule has 3 heterocycles. The molecule has 4 fully saturated rings. The minimum atomic E-state index is -0.789. The first kappa shape index (κ1) is 26.9. The highest BCUT2D eigenvalue weighted by Gasteiger charge is 2.53. The van der Waals surface area contributed by atoms with Crippen LogP contribution in [0.3, 0.4) is 0 Å². The second kappa shape index (κ2) is 11.3. The fraction of sp³-hybridized carbons (Fsp3) is 0.545. The molecule has 0 unspecified atom stereocenters. The quantitative estimate of drug-likeness (QED) is 0.413. The maximum atomic E-state index is 14.5.